The normalized spacial score (nSPS) is 24.6. The molecule has 3 aliphatic rings. The fourth-order valence-corrected chi connectivity index (χ4v) is 7.70. The highest BCUT2D eigenvalue weighted by atomic mass is 32.2. The first-order valence-electron chi connectivity index (χ1n) is 13.8. The molecule has 4 heterocycles. The van der Waals surface area contributed by atoms with Gasteiger partial charge in [-0.2, -0.15) is 0 Å². The minimum Gasteiger partial charge on any atom is -0.485 e. The van der Waals surface area contributed by atoms with E-state index in [1.54, 1.807) is 6.33 Å². The van der Waals surface area contributed by atoms with Crippen LogP contribution in [0.25, 0.3) is 22.2 Å². The Labute approximate surface area is 228 Å². The third-order valence-electron chi connectivity index (χ3n) is 8.69. The summed E-state index contributed by atoms with van der Waals surface area (Å²) >= 11 is 0. The van der Waals surface area contributed by atoms with Crippen LogP contribution in [-0.4, -0.2) is 59.0 Å². The van der Waals surface area contributed by atoms with E-state index in [9.17, 15) is 8.42 Å². The maximum absolute atomic E-state index is 11.8. The van der Waals surface area contributed by atoms with E-state index >= 15 is 0 Å². The Morgan fingerprint density at radius 3 is 2.62 bits per heavy atom. The largest absolute Gasteiger partial charge is 0.485 e. The molecule has 202 valence electrons. The second kappa shape index (κ2) is 9.64. The first kappa shape index (κ1) is 24.6. The molecule has 1 saturated heterocycles. The number of fused-ring (bicyclic) bond motifs is 2. The van der Waals surface area contributed by atoms with Crippen LogP contribution in [0, 0.1) is 5.92 Å². The molecule has 2 aromatic carbocycles. The second-order valence-electron chi connectivity index (χ2n) is 11.2. The van der Waals surface area contributed by atoms with Crippen molar-refractivity contribution in [2.24, 2.45) is 5.92 Å². The lowest BCUT2D eigenvalue weighted by Gasteiger charge is -2.40. The van der Waals surface area contributed by atoms with E-state index in [0.29, 0.717) is 30.9 Å². The molecular formula is C30H33N5O3S. The summed E-state index contributed by atoms with van der Waals surface area (Å²) in [6.45, 7) is 2.25. The molecule has 4 aromatic rings. The average Bonchev–Trinajstić information content (AvgIpc) is 3.31. The molecule has 2 N–H and O–H groups in total. The number of hydrogen-bond acceptors (Lipinski definition) is 7. The Morgan fingerprint density at radius 2 is 1.82 bits per heavy atom. The van der Waals surface area contributed by atoms with E-state index in [1.807, 2.05) is 6.07 Å². The molecular weight excluding hydrogens is 510 g/mol. The molecule has 2 aliphatic heterocycles. The van der Waals surface area contributed by atoms with E-state index < -0.39 is 9.84 Å². The number of rotatable bonds is 5. The number of benzene rings is 2. The Bertz CT molecular complexity index is 1620. The highest BCUT2D eigenvalue weighted by molar-refractivity contribution is 7.91. The molecule has 2 fully saturated rings. The number of aryl methyl sites for hydroxylation is 1. The Hall–Kier alpha value is -3.43. The van der Waals surface area contributed by atoms with Crippen molar-refractivity contribution in [3.63, 3.8) is 0 Å². The molecule has 8 nitrogen and oxygen atoms in total. The van der Waals surface area contributed by atoms with Crippen molar-refractivity contribution >= 4 is 26.7 Å². The maximum atomic E-state index is 11.8. The Balaban J connectivity index is 1.14. The van der Waals surface area contributed by atoms with Crippen LogP contribution >= 0.6 is 0 Å². The van der Waals surface area contributed by atoms with Crippen molar-refractivity contribution in [1.82, 2.24) is 19.4 Å². The molecule has 0 bridgehead atoms. The van der Waals surface area contributed by atoms with E-state index in [2.05, 4.69) is 68.1 Å². The third kappa shape index (κ3) is 4.67. The predicted octanol–water partition coefficient (Wildman–Crippen LogP) is 4.43. The minimum atomic E-state index is -2.85. The average molecular weight is 544 g/mol. The van der Waals surface area contributed by atoms with Gasteiger partial charge in [0, 0.05) is 37.4 Å². The van der Waals surface area contributed by atoms with Crippen molar-refractivity contribution in [2.75, 3.05) is 36.9 Å². The van der Waals surface area contributed by atoms with Crippen molar-refractivity contribution in [1.29, 1.82) is 0 Å². The number of anilines is 1. The van der Waals surface area contributed by atoms with Crippen molar-refractivity contribution < 1.29 is 13.2 Å². The van der Waals surface area contributed by atoms with Crippen molar-refractivity contribution in [3.8, 4) is 16.9 Å². The predicted molar refractivity (Wildman–Crippen MR) is 152 cm³/mol. The number of aromatic nitrogens is 3. The first-order chi connectivity index (χ1) is 18.9. The second-order valence-corrected chi connectivity index (χ2v) is 13.5. The van der Waals surface area contributed by atoms with Gasteiger partial charge in [0.05, 0.1) is 16.9 Å². The van der Waals surface area contributed by atoms with E-state index in [-0.39, 0.29) is 17.6 Å². The lowest BCUT2D eigenvalue weighted by Crippen LogP contribution is -2.44. The number of nitrogens with zero attached hydrogens (tertiary/aromatic N) is 4. The van der Waals surface area contributed by atoms with Crippen molar-refractivity contribution in [3.05, 3.63) is 72.2 Å². The van der Waals surface area contributed by atoms with Crippen LogP contribution in [0.3, 0.4) is 0 Å². The first-order valence-corrected chi connectivity index (χ1v) is 15.6. The number of nitrogens with two attached hydrogens (primary N) is 1. The van der Waals surface area contributed by atoms with Crippen LogP contribution in [0.2, 0.25) is 0 Å². The fraction of sp³-hybridized carbons (Fsp3) is 0.400. The van der Waals surface area contributed by atoms with Gasteiger partial charge < -0.3 is 19.9 Å². The van der Waals surface area contributed by atoms with Gasteiger partial charge in [-0.05, 0) is 54.4 Å². The fourth-order valence-electron chi connectivity index (χ4n) is 6.42. The molecule has 1 saturated carbocycles. The maximum Gasteiger partial charge on any atom is 0.152 e. The molecule has 9 heteroatoms. The number of hydrogen-bond donors (Lipinski definition) is 1. The topological polar surface area (TPSA) is 103 Å². The van der Waals surface area contributed by atoms with Gasteiger partial charge in [0.25, 0.3) is 0 Å². The van der Waals surface area contributed by atoms with Gasteiger partial charge in [0.15, 0.2) is 9.84 Å². The Morgan fingerprint density at radius 1 is 1.03 bits per heavy atom. The molecule has 1 aliphatic carbocycles. The Kier molecular flexibility index (Phi) is 6.08. The van der Waals surface area contributed by atoms with Crippen LogP contribution in [0.15, 0.2) is 61.1 Å². The summed E-state index contributed by atoms with van der Waals surface area (Å²) in [5.74, 6) is 2.53. The summed E-state index contributed by atoms with van der Waals surface area (Å²) in [5.41, 5.74) is 11.8. The van der Waals surface area contributed by atoms with Gasteiger partial charge in [-0.3, -0.25) is 0 Å². The van der Waals surface area contributed by atoms with Crippen LogP contribution < -0.4 is 10.5 Å². The van der Waals surface area contributed by atoms with Gasteiger partial charge in [-0.1, -0.05) is 42.5 Å². The summed E-state index contributed by atoms with van der Waals surface area (Å²) in [4.78, 5) is 11.3. The lowest BCUT2D eigenvalue weighted by atomic mass is 9.79. The van der Waals surface area contributed by atoms with Crippen LogP contribution in [0.5, 0.6) is 5.75 Å². The molecule has 2 aromatic heterocycles. The van der Waals surface area contributed by atoms with Crippen LogP contribution in [0.4, 0.5) is 5.82 Å². The van der Waals surface area contributed by atoms with Crippen LogP contribution in [-0.2, 0) is 16.3 Å². The molecule has 0 amide bonds. The SMILES string of the molecule is Nc1ncnc2c1c(-c1ccc3c(c1)OC(c1ccccc1)CC3)cn2C1CC(CN2CCS(=O)(=O)CC2)C1. The van der Waals surface area contributed by atoms with Gasteiger partial charge in [0.1, 0.15) is 29.6 Å². The smallest absolute Gasteiger partial charge is 0.152 e. The van der Waals surface area contributed by atoms with E-state index in [0.717, 1.165) is 60.1 Å². The number of sulfone groups is 1. The zero-order valence-corrected chi connectivity index (χ0v) is 22.7. The van der Waals surface area contributed by atoms with Gasteiger partial charge in [-0.15, -0.1) is 0 Å². The lowest BCUT2D eigenvalue weighted by molar-refractivity contribution is 0.136. The third-order valence-corrected chi connectivity index (χ3v) is 10.3. The number of ether oxygens (including phenoxy) is 1. The summed E-state index contributed by atoms with van der Waals surface area (Å²) < 4.78 is 32.3. The summed E-state index contributed by atoms with van der Waals surface area (Å²) in [7, 11) is -2.85. The highest BCUT2D eigenvalue weighted by Gasteiger charge is 2.35. The standard InChI is InChI=1S/C30H33N5O3S/c31-29-28-25(23-7-6-22-8-9-26(38-27(22)16-23)21-4-2-1-3-5-21)18-35(30(28)33-19-32-29)24-14-20(15-24)17-34-10-12-39(36,37)13-11-34/h1-7,16,18-20,24,26H,8-15,17H2,(H2,31,32,33). The minimum absolute atomic E-state index is 0.0515. The highest BCUT2D eigenvalue weighted by Crippen LogP contribution is 2.44. The number of nitrogen functional groups attached to an aromatic ring is 1. The van der Waals surface area contributed by atoms with E-state index in [1.165, 1.54) is 11.1 Å². The zero-order valence-electron chi connectivity index (χ0n) is 21.9. The monoisotopic (exact) mass is 543 g/mol. The van der Waals surface area contributed by atoms with Gasteiger partial charge >= 0.3 is 0 Å². The molecule has 39 heavy (non-hydrogen) atoms. The van der Waals surface area contributed by atoms with Crippen molar-refractivity contribution in [2.45, 2.75) is 37.8 Å². The molecule has 0 spiro atoms. The zero-order chi connectivity index (χ0) is 26.6. The van der Waals surface area contributed by atoms with E-state index in [4.69, 9.17) is 10.5 Å². The quantitative estimate of drug-likeness (QED) is 0.397. The molecule has 7 rings (SSSR count). The summed E-state index contributed by atoms with van der Waals surface area (Å²) in [5, 5.41) is 0.887. The molecule has 1 atom stereocenters. The van der Waals surface area contributed by atoms with Gasteiger partial charge in [0.2, 0.25) is 0 Å². The molecule has 0 radical (unpaired) electrons. The summed E-state index contributed by atoms with van der Waals surface area (Å²) in [6.07, 6.45) is 7.81. The molecule has 1 unspecified atom stereocenters. The summed E-state index contributed by atoms with van der Waals surface area (Å²) in [6, 6.07) is 17.2. The van der Waals surface area contributed by atoms with Crippen LogP contribution in [0.1, 0.15) is 42.5 Å². The van der Waals surface area contributed by atoms with Gasteiger partial charge in [-0.25, -0.2) is 18.4 Å².